The second-order valence-corrected chi connectivity index (χ2v) is 12.1. The number of methoxy groups -OCH3 is 2. The number of amides is 1. The molecule has 0 aliphatic carbocycles. The minimum Gasteiger partial charge on any atom is -0.493 e. The van der Waals surface area contributed by atoms with E-state index in [1.807, 2.05) is 102 Å². The molecule has 0 aliphatic rings. The Hall–Kier alpha value is -4.76. The van der Waals surface area contributed by atoms with Gasteiger partial charge in [-0.05, 0) is 71.1 Å². The maximum Gasteiger partial charge on any atom is 0.234 e. The average Bonchev–Trinajstić information content (AvgIpc) is 3.42. The van der Waals surface area contributed by atoms with Gasteiger partial charge in [0, 0.05) is 17.8 Å². The van der Waals surface area contributed by atoms with E-state index in [-0.39, 0.29) is 17.1 Å². The molecule has 0 radical (unpaired) electrons. The van der Waals surface area contributed by atoms with Gasteiger partial charge in [-0.15, -0.1) is 10.2 Å². The molecule has 0 unspecified atom stereocenters. The molecule has 9 heteroatoms. The molecule has 1 aromatic heterocycles. The Morgan fingerprint density at radius 2 is 1.50 bits per heavy atom. The molecule has 1 amide bonds. The fraction of sp³-hybridized carbons (Fsp3) is 0.229. The van der Waals surface area contributed by atoms with Crippen molar-refractivity contribution in [1.82, 2.24) is 14.8 Å². The van der Waals surface area contributed by atoms with Crippen molar-refractivity contribution in [2.75, 3.05) is 25.3 Å². The fourth-order valence-electron chi connectivity index (χ4n) is 4.79. The molecular weight excluding hydrogens is 572 g/mol. The molecule has 0 atom stereocenters. The number of para-hydroxylation sites is 2. The lowest BCUT2D eigenvalue weighted by molar-refractivity contribution is -0.113. The number of nitrogens with one attached hydrogen (secondary N) is 1. The summed E-state index contributed by atoms with van der Waals surface area (Å²) >= 11 is 1.34. The van der Waals surface area contributed by atoms with Crippen molar-refractivity contribution in [1.29, 1.82) is 0 Å². The second-order valence-electron chi connectivity index (χ2n) is 11.1. The number of hydrogen-bond donors (Lipinski definition) is 1. The Morgan fingerprint density at radius 3 is 2.20 bits per heavy atom. The number of ether oxygens (including phenoxy) is 3. The predicted molar refractivity (Wildman–Crippen MR) is 175 cm³/mol. The van der Waals surface area contributed by atoms with Crippen molar-refractivity contribution < 1.29 is 19.0 Å². The quantitative estimate of drug-likeness (QED) is 0.154. The standard InChI is InChI=1S/C35H36N4O4S/c1-35(2,3)28-13-9-10-14-29(28)36-33(40)23-44-34-38-37-32(22-24-15-20-30(41-4)31(21-24)42-5)39(34)25-16-18-27(19-17-25)43-26-11-7-6-8-12-26/h6-21H,22-23H2,1-5H3,(H,36,40). The zero-order chi connectivity index (χ0) is 31.1. The van der Waals surface area contributed by atoms with Crippen LogP contribution in [-0.4, -0.2) is 40.6 Å². The molecule has 4 aromatic carbocycles. The summed E-state index contributed by atoms with van der Waals surface area (Å²) < 4.78 is 18.9. The second kappa shape index (κ2) is 13.7. The molecule has 5 aromatic rings. The molecule has 0 saturated carbocycles. The number of anilines is 1. The lowest BCUT2D eigenvalue weighted by Crippen LogP contribution is -2.20. The van der Waals surface area contributed by atoms with Crippen LogP contribution < -0.4 is 19.5 Å². The van der Waals surface area contributed by atoms with Gasteiger partial charge >= 0.3 is 0 Å². The maximum atomic E-state index is 13.1. The lowest BCUT2D eigenvalue weighted by Gasteiger charge is -2.23. The highest BCUT2D eigenvalue weighted by molar-refractivity contribution is 7.99. The third-order valence-corrected chi connectivity index (χ3v) is 7.85. The summed E-state index contributed by atoms with van der Waals surface area (Å²) in [5, 5.41) is 12.7. The first-order valence-electron chi connectivity index (χ1n) is 14.3. The average molecular weight is 609 g/mol. The van der Waals surface area contributed by atoms with Crippen molar-refractivity contribution in [3.05, 3.63) is 114 Å². The molecule has 8 nitrogen and oxygen atoms in total. The Labute approximate surface area is 262 Å². The van der Waals surface area contributed by atoms with Crippen molar-refractivity contribution in [3.8, 4) is 28.7 Å². The minimum atomic E-state index is -0.116. The molecule has 0 aliphatic heterocycles. The van der Waals surface area contributed by atoms with Crippen LogP contribution in [0.3, 0.4) is 0 Å². The number of hydrogen-bond acceptors (Lipinski definition) is 7. The van der Waals surface area contributed by atoms with Gasteiger partial charge < -0.3 is 19.5 Å². The largest absolute Gasteiger partial charge is 0.493 e. The molecule has 226 valence electrons. The predicted octanol–water partition coefficient (Wildman–Crippen LogP) is 7.70. The van der Waals surface area contributed by atoms with Gasteiger partial charge in [0.05, 0.1) is 20.0 Å². The van der Waals surface area contributed by atoms with Gasteiger partial charge in [-0.25, -0.2) is 0 Å². The van der Waals surface area contributed by atoms with Crippen LogP contribution in [0.25, 0.3) is 5.69 Å². The van der Waals surface area contributed by atoms with Gasteiger partial charge in [0.15, 0.2) is 16.7 Å². The number of aromatic nitrogens is 3. The van der Waals surface area contributed by atoms with Crippen LogP contribution in [0.2, 0.25) is 0 Å². The van der Waals surface area contributed by atoms with E-state index in [4.69, 9.17) is 14.2 Å². The zero-order valence-electron chi connectivity index (χ0n) is 25.5. The number of carbonyl (C=O) groups is 1. The van der Waals surface area contributed by atoms with Gasteiger partial charge in [0.1, 0.15) is 17.3 Å². The van der Waals surface area contributed by atoms with Crippen molar-refractivity contribution in [3.63, 3.8) is 0 Å². The number of carbonyl (C=O) groups excluding carboxylic acids is 1. The monoisotopic (exact) mass is 608 g/mol. The third kappa shape index (κ3) is 7.41. The van der Waals surface area contributed by atoms with Crippen molar-refractivity contribution in [2.24, 2.45) is 0 Å². The van der Waals surface area contributed by atoms with Gasteiger partial charge in [-0.1, -0.05) is 75.0 Å². The Kier molecular flexibility index (Phi) is 9.55. The lowest BCUT2D eigenvalue weighted by atomic mass is 9.86. The highest BCUT2D eigenvalue weighted by Gasteiger charge is 2.20. The summed E-state index contributed by atoms with van der Waals surface area (Å²) in [6.45, 7) is 6.39. The molecule has 0 fully saturated rings. The number of benzene rings is 4. The minimum absolute atomic E-state index is 0.105. The van der Waals surface area contributed by atoms with E-state index < -0.39 is 0 Å². The van der Waals surface area contributed by atoms with Crippen LogP contribution in [0, 0.1) is 0 Å². The maximum absolute atomic E-state index is 13.1. The van der Waals surface area contributed by atoms with E-state index in [0.717, 1.165) is 34.1 Å². The number of nitrogens with zero attached hydrogens (tertiary/aromatic N) is 3. The summed E-state index contributed by atoms with van der Waals surface area (Å²) in [6.07, 6.45) is 0.487. The van der Waals surface area contributed by atoms with Crippen LogP contribution >= 0.6 is 11.8 Å². The smallest absolute Gasteiger partial charge is 0.234 e. The van der Waals surface area contributed by atoms with Crippen LogP contribution in [0.5, 0.6) is 23.0 Å². The molecule has 0 bridgehead atoms. The zero-order valence-corrected chi connectivity index (χ0v) is 26.4. The van der Waals surface area contributed by atoms with Gasteiger partial charge in [0.2, 0.25) is 5.91 Å². The molecule has 1 heterocycles. The first-order chi connectivity index (χ1) is 21.2. The van der Waals surface area contributed by atoms with E-state index >= 15 is 0 Å². The highest BCUT2D eigenvalue weighted by Crippen LogP contribution is 2.32. The van der Waals surface area contributed by atoms with Crippen LogP contribution in [0.1, 0.15) is 37.7 Å². The molecule has 0 saturated heterocycles. The molecule has 1 N–H and O–H groups in total. The van der Waals surface area contributed by atoms with Crippen LogP contribution in [0.4, 0.5) is 5.69 Å². The topological polar surface area (TPSA) is 87.5 Å². The first-order valence-corrected chi connectivity index (χ1v) is 15.2. The Balaban J connectivity index is 1.40. The summed E-state index contributed by atoms with van der Waals surface area (Å²) in [7, 11) is 3.23. The molecule has 5 rings (SSSR count). The van der Waals surface area contributed by atoms with Crippen LogP contribution in [0.15, 0.2) is 102 Å². The number of rotatable bonds is 11. The van der Waals surface area contributed by atoms with Gasteiger partial charge in [0.25, 0.3) is 0 Å². The van der Waals surface area contributed by atoms with Crippen molar-refractivity contribution >= 4 is 23.4 Å². The van der Waals surface area contributed by atoms with E-state index in [1.54, 1.807) is 14.2 Å². The first kappa shape index (κ1) is 30.7. The fourth-order valence-corrected chi connectivity index (χ4v) is 5.56. The normalized spacial score (nSPS) is 11.2. The van der Waals surface area contributed by atoms with E-state index in [0.29, 0.717) is 28.8 Å². The summed E-state index contributed by atoms with van der Waals surface area (Å²) in [5.41, 5.74) is 3.62. The van der Waals surface area contributed by atoms with Gasteiger partial charge in [-0.2, -0.15) is 0 Å². The highest BCUT2D eigenvalue weighted by atomic mass is 32.2. The van der Waals surface area contributed by atoms with Gasteiger partial charge in [-0.3, -0.25) is 9.36 Å². The summed E-state index contributed by atoms with van der Waals surface area (Å²) in [4.78, 5) is 13.1. The third-order valence-electron chi connectivity index (χ3n) is 6.93. The van der Waals surface area contributed by atoms with Crippen molar-refractivity contribution in [2.45, 2.75) is 37.8 Å². The van der Waals surface area contributed by atoms with E-state index in [2.05, 4.69) is 36.3 Å². The van der Waals surface area contributed by atoms with E-state index in [1.165, 1.54) is 11.8 Å². The summed E-state index contributed by atoms with van der Waals surface area (Å²) in [6, 6.07) is 31.1. The molecule has 44 heavy (non-hydrogen) atoms. The van der Waals surface area contributed by atoms with Crippen LogP contribution in [-0.2, 0) is 16.6 Å². The van der Waals surface area contributed by atoms with E-state index in [9.17, 15) is 4.79 Å². The summed E-state index contributed by atoms with van der Waals surface area (Å²) in [5.74, 6) is 3.53. The Morgan fingerprint density at radius 1 is 0.818 bits per heavy atom. The molecular formula is C35H36N4O4S. The number of thioether (sulfide) groups is 1. The Bertz CT molecular complexity index is 1710. The SMILES string of the molecule is COc1ccc(Cc2nnc(SCC(=O)Nc3ccccc3C(C)(C)C)n2-c2ccc(Oc3ccccc3)cc2)cc1OC. The molecule has 0 spiro atoms.